The molecule has 1 aliphatic heterocycles. The summed E-state index contributed by atoms with van der Waals surface area (Å²) in [5, 5.41) is 11.5. The van der Waals surface area contributed by atoms with Crippen molar-refractivity contribution in [3.63, 3.8) is 0 Å². The monoisotopic (exact) mass is 270 g/mol. The van der Waals surface area contributed by atoms with E-state index in [4.69, 9.17) is 5.11 Å². The third-order valence-electron chi connectivity index (χ3n) is 3.46. The zero-order valence-electron chi connectivity index (χ0n) is 11.7. The highest BCUT2D eigenvalue weighted by Gasteiger charge is 2.31. The number of rotatable bonds is 5. The van der Waals surface area contributed by atoms with Crippen LogP contribution in [0.2, 0.25) is 0 Å². The Labute approximate surface area is 113 Å². The first-order chi connectivity index (χ1) is 8.71. The molecule has 0 aliphatic carbocycles. The van der Waals surface area contributed by atoms with Crippen LogP contribution in [0.1, 0.15) is 39.5 Å². The third-order valence-corrected chi connectivity index (χ3v) is 3.46. The minimum Gasteiger partial charge on any atom is -0.481 e. The van der Waals surface area contributed by atoms with Crippen LogP contribution in [-0.2, 0) is 14.4 Å². The van der Waals surface area contributed by atoms with Gasteiger partial charge in [0.25, 0.3) is 0 Å². The Morgan fingerprint density at radius 1 is 1.47 bits per heavy atom. The summed E-state index contributed by atoms with van der Waals surface area (Å²) in [4.78, 5) is 35.8. The fourth-order valence-electron chi connectivity index (χ4n) is 2.08. The lowest BCUT2D eigenvalue weighted by Gasteiger charge is -2.32. The van der Waals surface area contributed by atoms with E-state index in [9.17, 15) is 14.4 Å². The van der Waals surface area contributed by atoms with Gasteiger partial charge < -0.3 is 15.3 Å². The molecule has 6 nitrogen and oxygen atoms in total. The van der Waals surface area contributed by atoms with Gasteiger partial charge in [-0.1, -0.05) is 0 Å². The molecule has 1 aliphatic rings. The Bertz CT molecular complexity index is 379. The molecule has 108 valence electrons. The molecule has 0 bridgehead atoms. The molecule has 6 heteroatoms. The molecule has 2 N–H and O–H groups in total. The molecule has 1 fully saturated rings. The maximum atomic E-state index is 12.1. The molecule has 0 radical (unpaired) electrons. The first kappa shape index (κ1) is 15.5. The Morgan fingerprint density at radius 2 is 2.11 bits per heavy atom. The number of hydrogen-bond donors (Lipinski definition) is 2. The largest absolute Gasteiger partial charge is 0.481 e. The predicted molar refractivity (Wildman–Crippen MR) is 69.5 cm³/mol. The smallest absolute Gasteiger partial charge is 0.303 e. The molecule has 0 spiro atoms. The number of nitrogens with one attached hydrogen (secondary N) is 1. The number of nitrogens with zero attached hydrogens (tertiary/aromatic N) is 1. The summed E-state index contributed by atoms with van der Waals surface area (Å²) in [6, 6.07) is 0. The van der Waals surface area contributed by atoms with Crippen LogP contribution < -0.4 is 5.32 Å². The Kier molecular flexibility index (Phi) is 4.91. The van der Waals surface area contributed by atoms with Gasteiger partial charge in [0.05, 0.1) is 0 Å². The molecular formula is C13H22N2O4. The normalized spacial score (nSPS) is 20.3. The van der Waals surface area contributed by atoms with E-state index < -0.39 is 11.5 Å². The van der Waals surface area contributed by atoms with E-state index >= 15 is 0 Å². The minimum atomic E-state index is -0.878. The predicted octanol–water partition coefficient (Wildman–Crippen LogP) is 0.614. The Hall–Kier alpha value is -1.59. The molecule has 1 heterocycles. The molecule has 0 aromatic rings. The minimum absolute atomic E-state index is 0.0135. The van der Waals surface area contributed by atoms with Crippen LogP contribution in [0.15, 0.2) is 0 Å². The van der Waals surface area contributed by atoms with Crippen LogP contribution in [0, 0.1) is 5.92 Å². The standard InChI is InChI=1S/C13H22N2O4/c1-13(2,6-4-11(17)18)14-12(19)9-5-7-15(3)10(16)8-9/h9H,4-8H2,1-3H3,(H,14,19)(H,17,18)/t9-/m1/s1. The second-order valence-corrected chi connectivity index (χ2v) is 5.77. The van der Waals surface area contributed by atoms with Crippen molar-refractivity contribution in [1.82, 2.24) is 10.2 Å². The maximum absolute atomic E-state index is 12.1. The number of carboxylic acid groups (broad SMARTS) is 1. The number of carboxylic acids is 1. The molecule has 0 aromatic heterocycles. The topological polar surface area (TPSA) is 86.7 Å². The first-order valence-corrected chi connectivity index (χ1v) is 6.49. The molecule has 1 rings (SSSR count). The van der Waals surface area contributed by atoms with Crippen LogP contribution in [-0.4, -0.2) is 46.9 Å². The van der Waals surface area contributed by atoms with Crippen LogP contribution in [0.4, 0.5) is 0 Å². The second kappa shape index (κ2) is 6.04. The quantitative estimate of drug-likeness (QED) is 0.766. The second-order valence-electron chi connectivity index (χ2n) is 5.77. The molecule has 0 aromatic carbocycles. The van der Waals surface area contributed by atoms with Gasteiger partial charge in [0.15, 0.2) is 0 Å². The number of piperidine rings is 1. The highest BCUT2D eigenvalue weighted by Crippen LogP contribution is 2.19. The number of aliphatic carboxylic acids is 1. The van der Waals surface area contributed by atoms with Gasteiger partial charge in [0.1, 0.15) is 0 Å². The number of hydrogen-bond acceptors (Lipinski definition) is 3. The Balaban J connectivity index is 2.50. The van der Waals surface area contributed by atoms with Crippen molar-refractivity contribution in [1.29, 1.82) is 0 Å². The van der Waals surface area contributed by atoms with Gasteiger partial charge >= 0.3 is 5.97 Å². The summed E-state index contributed by atoms with van der Waals surface area (Å²) in [6.45, 7) is 4.18. The zero-order chi connectivity index (χ0) is 14.6. The SMILES string of the molecule is CN1CC[C@@H](C(=O)NC(C)(C)CCC(=O)O)CC1=O. The average molecular weight is 270 g/mol. The van der Waals surface area contributed by atoms with Crippen molar-refractivity contribution < 1.29 is 19.5 Å². The van der Waals surface area contributed by atoms with E-state index in [1.54, 1.807) is 25.8 Å². The summed E-state index contributed by atoms with van der Waals surface area (Å²) in [6.07, 6.45) is 1.27. The van der Waals surface area contributed by atoms with Crippen LogP contribution in [0.5, 0.6) is 0 Å². The number of carbonyl (C=O) groups excluding carboxylic acids is 2. The van der Waals surface area contributed by atoms with Crippen molar-refractivity contribution in [3.8, 4) is 0 Å². The lowest BCUT2D eigenvalue weighted by molar-refractivity contribution is -0.140. The van der Waals surface area contributed by atoms with E-state index in [1.165, 1.54) is 0 Å². The first-order valence-electron chi connectivity index (χ1n) is 6.49. The third kappa shape index (κ3) is 4.89. The summed E-state index contributed by atoms with van der Waals surface area (Å²) in [5.41, 5.74) is -0.568. The molecular weight excluding hydrogens is 248 g/mol. The van der Waals surface area contributed by atoms with Crippen molar-refractivity contribution in [2.45, 2.75) is 45.1 Å². The summed E-state index contributed by atoms with van der Waals surface area (Å²) < 4.78 is 0. The van der Waals surface area contributed by atoms with E-state index in [1.807, 2.05) is 0 Å². The van der Waals surface area contributed by atoms with E-state index in [0.717, 1.165) is 0 Å². The van der Waals surface area contributed by atoms with E-state index in [2.05, 4.69) is 5.32 Å². The number of likely N-dealkylation sites (tertiary alicyclic amines) is 1. The number of amides is 2. The summed E-state index contributed by atoms with van der Waals surface area (Å²) in [5.74, 6) is -1.35. The fraction of sp³-hybridized carbons (Fsp3) is 0.769. The fourth-order valence-corrected chi connectivity index (χ4v) is 2.08. The van der Waals surface area contributed by atoms with Gasteiger partial charge in [-0.3, -0.25) is 14.4 Å². The van der Waals surface area contributed by atoms with Crippen molar-refractivity contribution in [2.75, 3.05) is 13.6 Å². The maximum Gasteiger partial charge on any atom is 0.303 e. The van der Waals surface area contributed by atoms with Gasteiger partial charge in [0, 0.05) is 37.9 Å². The highest BCUT2D eigenvalue weighted by atomic mass is 16.4. The van der Waals surface area contributed by atoms with Crippen molar-refractivity contribution in [3.05, 3.63) is 0 Å². The van der Waals surface area contributed by atoms with Crippen LogP contribution >= 0.6 is 0 Å². The van der Waals surface area contributed by atoms with Gasteiger partial charge in [-0.15, -0.1) is 0 Å². The average Bonchev–Trinajstić information content (AvgIpc) is 2.29. The van der Waals surface area contributed by atoms with Crippen molar-refractivity contribution in [2.24, 2.45) is 5.92 Å². The molecule has 0 saturated carbocycles. The van der Waals surface area contributed by atoms with Crippen LogP contribution in [0.3, 0.4) is 0 Å². The highest BCUT2D eigenvalue weighted by molar-refractivity contribution is 5.87. The summed E-state index contributed by atoms with van der Waals surface area (Å²) >= 11 is 0. The van der Waals surface area contributed by atoms with Gasteiger partial charge in [0.2, 0.25) is 11.8 Å². The van der Waals surface area contributed by atoms with E-state index in [-0.39, 0.29) is 30.6 Å². The summed E-state index contributed by atoms with van der Waals surface area (Å²) in [7, 11) is 1.73. The molecule has 1 saturated heterocycles. The molecule has 1 atom stereocenters. The molecule has 2 amide bonds. The van der Waals surface area contributed by atoms with Crippen LogP contribution in [0.25, 0.3) is 0 Å². The van der Waals surface area contributed by atoms with Gasteiger partial charge in [-0.25, -0.2) is 0 Å². The lowest BCUT2D eigenvalue weighted by atomic mass is 9.92. The molecule has 19 heavy (non-hydrogen) atoms. The molecule has 0 unspecified atom stereocenters. The van der Waals surface area contributed by atoms with E-state index in [0.29, 0.717) is 19.4 Å². The number of carbonyl (C=O) groups is 3. The lowest BCUT2D eigenvalue weighted by Crippen LogP contribution is -2.49. The van der Waals surface area contributed by atoms with Crippen molar-refractivity contribution >= 4 is 17.8 Å². The zero-order valence-corrected chi connectivity index (χ0v) is 11.7. The van der Waals surface area contributed by atoms with Gasteiger partial charge in [-0.2, -0.15) is 0 Å². The Morgan fingerprint density at radius 3 is 2.63 bits per heavy atom. The van der Waals surface area contributed by atoms with Gasteiger partial charge in [-0.05, 0) is 26.7 Å².